The number of nitrogens with zero attached hydrogens (tertiary/aromatic N) is 2. The lowest BCUT2D eigenvalue weighted by Crippen LogP contribution is -2.51. The summed E-state index contributed by atoms with van der Waals surface area (Å²) in [5, 5.41) is 10.1. The van der Waals surface area contributed by atoms with Crippen molar-refractivity contribution in [3.8, 4) is 6.07 Å². The lowest BCUT2D eigenvalue weighted by molar-refractivity contribution is -0.145. The number of hydrogen-bond acceptors (Lipinski definition) is 3. The predicted octanol–water partition coefficient (Wildman–Crippen LogP) is 4.80. The Balaban J connectivity index is 1.43. The molecule has 3 nitrogen and oxygen atoms in total. The number of fused-ring (bicyclic) bond motifs is 3. The van der Waals surface area contributed by atoms with Gasteiger partial charge in [0.25, 0.3) is 0 Å². The third-order valence-electron chi connectivity index (χ3n) is 8.39. The van der Waals surface area contributed by atoms with Gasteiger partial charge in [-0.15, -0.1) is 0 Å². The topological polar surface area (TPSA) is 53.2 Å². The minimum Gasteiger partial charge on any atom is -0.299 e. The summed E-state index contributed by atoms with van der Waals surface area (Å²) in [6, 6.07) is 10.7. The fourth-order valence-corrected chi connectivity index (χ4v) is 7.71. The Morgan fingerprint density at radius 1 is 1.12 bits per heavy atom. The second-order valence-corrected chi connectivity index (χ2v) is 9.75. The van der Waals surface area contributed by atoms with Crippen LogP contribution in [0.1, 0.15) is 56.9 Å². The number of benzene rings is 1. The van der Waals surface area contributed by atoms with Crippen molar-refractivity contribution >= 4 is 17.2 Å². The molecule has 0 unspecified atom stereocenters. The summed E-state index contributed by atoms with van der Waals surface area (Å²) < 4.78 is 0. The van der Waals surface area contributed by atoms with Crippen LogP contribution in [0.3, 0.4) is 0 Å². The van der Waals surface area contributed by atoms with Crippen molar-refractivity contribution < 1.29 is 4.79 Å². The van der Waals surface area contributed by atoms with Gasteiger partial charge < -0.3 is 0 Å². The first-order valence-corrected chi connectivity index (χ1v) is 10.2. The second kappa shape index (κ2) is 4.66. The highest BCUT2D eigenvalue weighted by molar-refractivity contribution is 6.08. The van der Waals surface area contributed by atoms with Crippen LogP contribution in [-0.2, 0) is 4.79 Å². The maximum atomic E-state index is 13.9. The van der Waals surface area contributed by atoms with Gasteiger partial charge in [-0.05, 0) is 74.8 Å². The van der Waals surface area contributed by atoms with E-state index in [-0.39, 0.29) is 17.3 Å². The quantitative estimate of drug-likeness (QED) is 0.773. The number of aliphatic imine (C=N–C) groups is 1. The molecule has 26 heavy (non-hydrogen) atoms. The largest absolute Gasteiger partial charge is 0.299 e. The van der Waals surface area contributed by atoms with Crippen molar-refractivity contribution in [2.45, 2.75) is 51.4 Å². The highest BCUT2D eigenvalue weighted by Crippen LogP contribution is 2.72. The van der Waals surface area contributed by atoms with Crippen LogP contribution in [0.4, 0.5) is 5.69 Å². The van der Waals surface area contributed by atoms with Gasteiger partial charge in [-0.1, -0.05) is 18.2 Å². The molecular weight excluding hydrogens is 320 g/mol. The van der Waals surface area contributed by atoms with E-state index in [1.807, 2.05) is 25.1 Å². The van der Waals surface area contributed by atoms with Crippen molar-refractivity contribution in [2.24, 2.45) is 39.5 Å². The standard InChI is InChI=1S/C23H24N2O/c1-13-23(12-24)19(17-4-2-3-5-18(17)25-13)20(23)21(26)22-9-14-6-15(10-22)8-16(7-14)11-22/h2-5,14-16,19-20H,6-11H2,1H3/t14?,15?,16?,19-,20-,22?,23-/m0/s1. The number of para-hydroxylation sites is 1. The molecule has 1 aromatic carbocycles. The molecule has 0 saturated heterocycles. The van der Waals surface area contributed by atoms with E-state index >= 15 is 0 Å². The molecule has 5 saturated carbocycles. The molecule has 6 aliphatic rings. The highest BCUT2D eigenvalue weighted by atomic mass is 16.1. The van der Waals surface area contributed by atoms with Gasteiger partial charge in [-0.25, -0.2) is 0 Å². The smallest absolute Gasteiger partial charge is 0.144 e. The number of carbonyl (C=O) groups excluding carboxylic acids is 1. The first kappa shape index (κ1) is 15.1. The SMILES string of the molecule is CC1=Nc2ccccc2[C@H]2[C@@H](C(=O)C34CC5CC(CC(C5)C3)C4)[C@@]12C#N. The summed E-state index contributed by atoms with van der Waals surface area (Å²) in [7, 11) is 0. The zero-order valence-electron chi connectivity index (χ0n) is 15.2. The van der Waals surface area contributed by atoms with Crippen LogP contribution in [0, 0.1) is 45.8 Å². The fraction of sp³-hybridized carbons (Fsp3) is 0.609. The summed E-state index contributed by atoms with van der Waals surface area (Å²) >= 11 is 0. The Labute approximate surface area is 154 Å². The van der Waals surface area contributed by atoms with Crippen LogP contribution in [-0.4, -0.2) is 11.5 Å². The number of carbonyl (C=O) groups is 1. The normalized spacial score (nSPS) is 46.8. The Morgan fingerprint density at radius 2 is 1.73 bits per heavy atom. The molecule has 5 aliphatic carbocycles. The summed E-state index contributed by atoms with van der Waals surface area (Å²) in [5.74, 6) is 2.54. The number of hydrogen-bond donors (Lipinski definition) is 0. The van der Waals surface area contributed by atoms with E-state index < -0.39 is 5.41 Å². The predicted molar refractivity (Wildman–Crippen MR) is 99.1 cm³/mol. The van der Waals surface area contributed by atoms with Gasteiger partial charge in [0.2, 0.25) is 0 Å². The molecule has 4 bridgehead atoms. The molecule has 1 aromatic rings. The van der Waals surface area contributed by atoms with E-state index in [9.17, 15) is 10.1 Å². The van der Waals surface area contributed by atoms with Gasteiger partial charge in [-0.2, -0.15) is 5.26 Å². The molecule has 0 radical (unpaired) electrons. The van der Waals surface area contributed by atoms with E-state index in [1.165, 1.54) is 19.3 Å². The fourth-order valence-electron chi connectivity index (χ4n) is 7.71. The number of nitriles is 1. The first-order valence-electron chi connectivity index (χ1n) is 10.2. The van der Waals surface area contributed by atoms with Crippen LogP contribution >= 0.6 is 0 Å². The minimum absolute atomic E-state index is 0.0294. The number of rotatable bonds is 2. The minimum atomic E-state index is -0.672. The molecule has 7 rings (SSSR count). The first-order chi connectivity index (χ1) is 12.6. The van der Waals surface area contributed by atoms with Crippen molar-refractivity contribution in [1.82, 2.24) is 0 Å². The Kier molecular flexibility index (Phi) is 2.71. The van der Waals surface area contributed by atoms with Crippen LogP contribution < -0.4 is 0 Å². The Hall–Kier alpha value is -1.95. The molecule has 132 valence electrons. The molecule has 0 amide bonds. The van der Waals surface area contributed by atoms with Crippen molar-refractivity contribution in [3.05, 3.63) is 29.8 Å². The number of Topliss-reactive ketones (excluding diaryl/α,β-unsaturated/α-hetero) is 1. The van der Waals surface area contributed by atoms with E-state index in [0.29, 0.717) is 5.78 Å². The van der Waals surface area contributed by atoms with E-state index in [0.717, 1.165) is 54.0 Å². The van der Waals surface area contributed by atoms with Gasteiger partial charge in [0.15, 0.2) is 0 Å². The van der Waals surface area contributed by atoms with Crippen LogP contribution in [0.5, 0.6) is 0 Å². The number of ketones is 1. The van der Waals surface area contributed by atoms with Gasteiger partial charge in [0.05, 0.1) is 17.7 Å². The second-order valence-electron chi connectivity index (χ2n) is 9.75. The molecule has 1 heterocycles. The molecular formula is C23H24N2O. The Morgan fingerprint density at radius 3 is 2.35 bits per heavy atom. The van der Waals surface area contributed by atoms with E-state index in [2.05, 4.69) is 12.1 Å². The summed E-state index contributed by atoms with van der Waals surface area (Å²) in [4.78, 5) is 18.7. The maximum Gasteiger partial charge on any atom is 0.144 e. The van der Waals surface area contributed by atoms with Gasteiger partial charge in [0.1, 0.15) is 11.2 Å². The van der Waals surface area contributed by atoms with Crippen molar-refractivity contribution in [1.29, 1.82) is 5.26 Å². The lowest BCUT2D eigenvalue weighted by Gasteiger charge is -2.56. The monoisotopic (exact) mass is 344 g/mol. The summed E-state index contributed by atoms with van der Waals surface area (Å²) in [6.45, 7) is 1.96. The molecule has 3 heteroatoms. The van der Waals surface area contributed by atoms with Gasteiger partial charge in [-0.3, -0.25) is 9.79 Å². The zero-order valence-corrected chi connectivity index (χ0v) is 15.2. The average molecular weight is 344 g/mol. The molecule has 0 aromatic heterocycles. The van der Waals surface area contributed by atoms with E-state index in [4.69, 9.17) is 4.99 Å². The van der Waals surface area contributed by atoms with Crippen LogP contribution in [0.15, 0.2) is 29.3 Å². The van der Waals surface area contributed by atoms with Gasteiger partial charge >= 0.3 is 0 Å². The third-order valence-corrected chi connectivity index (χ3v) is 8.39. The Bertz CT molecular complexity index is 872. The zero-order chi connectivity index (χ0) is 17.7. The molecule has 0 N–H and O–H groups in total. The van der Waals surface area contributed by atoms with Crippen molar-refractivity contribution in [2.75, 3.05) is 0 Å². The lowest BCUT2D eigenvalue weighted by atomic mass is 9.48. The van der Waals surface area contributed by atoms with Gasteiger partial charge in [0, 0.05) is 17.0 Å². The molecule has 3 atom stereocenters. The third kappa shape index (κ3) is 1.65. The van der Waals surface area contributed by atoms with Crippen LogP contribution in [0.25, 0.3) is 0 Å². The summed E-state index contributed by atoms with van der Waals surface area (Å²) in [6.07, 6.45) is 7.27. The average Bonchev–Trinajstić information content (AvgIpc) is 3.31. The highest BCUT2D eigenvalue weighted by Gasteiger charge is 2.75. The van der Waals surface area contributed by atoms with Crippen molar-refractivity contribution in [3.63, 3.8) is 0 Å². The molecule has 1 aliphatic heterocycles. The molecule has 0 spiro atoms. The maximum absolute atomic E-state index is 13.9. The van der Waals surface area contributed by atoms with Crippen LogP contribution in [0.2, 0.25) is 0 Å². The molecule has 5 fully saturated rings. The van der Waals surface area contributed by atoms with E-state index in [1.54, 1.807) is 0 Å². The summed E-state index contributed by atoms with van der Waals surface area (Å²) in [5.41, 5.74) is 2.13.